The topological polar surface area (TPSA) is 90.5 Å². The molecule has 8 heteroatoms. The van der Waals surface area contributed by atoms with Crippen LogP contribution < -0.4 is 16.0 Å². The Morgan fingerprint density at radius 1 is 0.923 bits per heavy atom. The number of rotatable bonds is 3. The van der Waals surface area contributed by atoms with Crippen molar-refractivity contribution < 1.29 is 14.4 Å². The monoisotopic (exact) mass is 382 g/mol. The third-order valence-electron chi connectivity index (χ3n) is 5.65. The molecule has 0 aromatic heterocycles. The lowest BCUT2D eigenvalue weighted by Gasteiger charge is -2.32. The molecule has 1 saturated carbocycles. The molecule has 3 aliphatic rings. The molecule has 3 fully saturated rings. The third-order valence-corrected chi connectivity index (χ3v) is 7.09. The maximum absolute atomic E-state index is 12.9. The first-order valence-electron chi connectivity index (χ1n) is 9.67. The van der Waals surface area contributed by atoms with Gasteiger partial charge in [-0.2, -0.15) is 0 Å². The van der Waals surface area contributed by atoms with Crippen molar-refractivity contribution in [3.05, 3.63) is 0 Å². The normalized spacial score (nSPS) is 34.5. The number of carbonyl (C=O) groups excluding carboxylic acids is 3. The summed E-state index contributed by atoms with van der Waals surface area (Å²) in [4.78, 5) is 37.4. The molecule has 0 aromatic carbocycles. The minimum Gasteiger partial charge on any atom is -0.354 e. The second kappa shape index (κ2) is 8.61. The zero-order valence-electron chi connectivity index (χ0n) is 15.6. The lowest BCUT2D eigenvalue weighted by atomic mass is 9.85. The van der Waals surface area contributed by atoms with E-state index in [0.717, 1.165) is 51.6 Å². The molecule has 3 atom stereocenters. The van der Waals surface area contributed by atoms with Gasteiger partial charge in [-0.3, -0.25) is 19.7 Å². The number of thioether (sulfide) groups is 1. The summed E-state index contributed by atoms with van der Waals surface area (Å²) < 4.78 is 0. The highest BCUT2D eigenvalue weighted by Crippen LogP contribution is 2.33. The number of amides is 3. The van der Waals surface area contributed by atoms with Crippen molar-refractivity contribution >= 4 is 29.5 Å². The zero-order chi connectivity index (χ0) is 18.7. The van der Waals surface area contributed by atoms with E-state index in [4.69, 9.17) is 0 Å². The van der Waals surface area contributed by atoms with E-state index in [9.17, 15) is 14.4 Å². The first-order valence-corrected chi connectivity index (χ1v) is 10.6. The number of nitrogens with zero attached hydrogens (tertiary/aromatic N) is 1. The van der Waals surface area contributed by atoms with Crippen molar-refractivity contribution in [1.82, 2.24) is 20.9 Å². The van der Waals surface area contributed by atoms with Gasteiger partial charge in [0.15, 0.2) is 0 Å². The fraction of sp³-hybridized carbons (Fsp3) is 0.833. The van der Waals surface area contributed by atoms with Crippen LogP contribution in [0.2, 0.25) is 0 Å². The van der Waals surface area contributed by atoms with Gasteiger partial charge in [-0.05, 0) is 38.5 Å². The van der Waals surface area contributed by atoms with E-state index in [1.807, 2.05) is 4.90 Å². The Labute approximate surface area is 159 Å². The molecular weight excluding hydrogens is 352 g/mol. The molecule has 2 saturated heterocycles. The van der Waals surface area contributed by atoms with Crippen molar-refractivity contribution in [2.75, 3.05) is 13.1 Å². The maximum atomic E-state index is 12.9. The molecule has 26 heavy (non-hydrogen) atoms. The Balaban J connectivity index is 1.46. The van der Waals surface area contributed by atoms with Crippen LogP contribution in [0.1, 0.15) is 52.4 Å². The van der Waals surface area contributed by atoms with E-state index in [1.54, 1.807) is 18.7 Å². The second-order valence-electron chi connectivity index (χ2n) is 7.68. The molecule has 2 heterocycles. The molecule has 3 N–H and O–H groups in total. The minimum atomic E-state index is -0.0156. The summed E-state index contributed by atoms with van der Waals surface area (Å²) in [6, 6.07) is 0.580. The summed E-state index contributed by atoms with van der Waals surface area (Å²) in [5.74, 6) is 0.389. The highest BCUT2D eigenvalue weighted by molar-refractivity contribution is 8.00. The summed E-state index contributed by atoms with van der Waals surface area (Å²) in [6.45, 7) is 4.67. The van der Waals surface area contributed by atoms with Crippen LogP contribution in [0.5, 0.6) is 0 Å². The van der Waals surface area contributed by atoms with Gasteiger partial charge in [0.2, 0.25) is 17.7 Å². The smallest absolute Gasteiger partial charge is 0.225 e. The predicted octanol–water partition coefficient (Wildman–Crippen LogP) is 0.797. The van der Waals surface area contributed by atoms with Gasteiger partial charge in [0.1, 0.15) is 5.50 Å². The number of carbonyl (C=O) groups is 3. The fourth-order valence-electron chi connectivity index (χ4n) is 4.35. The molecule has 0 radical (unpaired) electrons. The highest BCUT2D eigenvalue weighted by Gasteiger charge is 2.38. The van der Waals surface area contributed by atoms with Gasteiger partial charge in [0.25, 0.3) is 0 Å². The van der Waals surface area contributed by atoms with Crippen LogP contribution in [0.15, 0.2) is 0 Å². The molecular formula is C18H30N4O3S. The quantitative estimate of drug-likeness (QED) is 0.672. The number of hydrogen-bond donors (Lipinski definition) is 3. The maximum Gasteiger partial charge on any atom is 0.225 e. The summed E-state index contributed by atoms with van der Waals surface area (Å²) in [5, 5.41) is 9.82. The molecule has 7 nitrogen and oxygen atoms in total. The van der Waals surface area contributed by atoms with Crippen LogP contribution in [0, 0.1) is 5.92 Å². The van der Waals surface area contributed by atoms with Gasteiger partial charge in [0.05, 0.1) is 0 Å². The van der Waals surface area contributed by atoms with E-state index >= 15 is 0 Å². The van der Waals surface area contributed by atoms with Gasteiger partial charge in [-0.15, -0.1) is 11.8 Å². The summed E-state index contributed by atoms with van der Waals surface area (Å²) in [5.41, 5.74) is -0.00574. The van der Waals surface area contributed by atoms with Crippen LogP contribution in [0.3, 0.4) is 0 Å². The number of fused-ring (bicyclic) bond motifs is 1. The second-order valence-corrected chi connectivity index (χ2v) is 9.03. The first kappa shape index (κ1) is 19.5. The van der Waals surface area contributed by atoms with Crippen LogP contribution in [0.4, 0.5) is 0 Å². The van der Waals surface area contributed by atoms with Gasteiger partial charge < -0.3 is 15.5 Å². The molecule has 1 aliphatic carbocycles. The number of hydrogen-bond acceptors (Lipinski definition) is 5. The van der Waals surface area contributed by atoms with Crippen molar-refractivity contribution in [2.24, 2.45) is 5.92 Å². The largest absolute Gasteiger partial charge is 0.354 e. The minimum absolute atomic E-state index is 0.00574. The van der Waals surface area contributed by atoms with E-state index in [-0.39, 0.29) is 35.2 Å². The Kier molecular flexibility index (Phi) is 6.45. The Morgan fingerprint density at radius 2 is 1.58 bits per heavy atom. The van der Waals surface area contributed by atoms with Crippen molar-refractivity contribution in [3.8, 4) is 0 Å². The summed E-state index contributed by atoms with van der Waals surface area (Å²) >= 11 is 1.77. The van der Waals surface area contributed by atoms with Crippen molar-refractivity contribution in [3.63, 3.8) is 0 Å². The molecule has 0 bridgehead atoms. The molecule has 3 rings (SSSR count). The van der Waals surface area contributed by atoms with Crippen LogP contribution in [0.25, 0.3) is 0 Å². The van der Waals surface area contributed by atoms with Gasteiger partial charge in [-0.25, -0.2) is 0 Å². The molecule has 3 unspecified atom stereocenters. The molecule has 146 valence electrons. The average Bonchev–Trinajstić information content (AvgIpc) is 2.84. The van der Waals surface area contributed by atoms with Gasteiger partial charge in [0, 0.05) is 50.2 Å². The van der Waals surface area contributed by atoms with Gasteiger partial charge >= 0.3 is 0 Å². The number of likely N-dealkylation sites (tertiary alicyclic amines) is 1. The molecule has 0 aromatic rings. The van der Waals surface area contributed by atoms with Gasteiger partial charge in [-0.1, -0.05) is 0 Å². The lowest BCUT2D eigenvalue weighted by molar-refractivity contribution is -0.136. The Hall–Kier alpha value is -1.28. The van der Waals surface area contributed by atoms with E-state index < -0.39 is 0 Å². The Bertz CT molecular complexity index is 535. The van der Waals surface area contributed by atoms with Crippen LogP contribution in [-0.4, -0.2) is 58.5 Å². The first-order chi connectivity index (χ1) is 12.4. The van der Waals surface area contributed by atoms with Crippen molar-refractivity contribution in [1.29, 1.82) is 0 Å². The zero-order valence-corrected chi connectivity index (χ0v) is 16.4. The third kappa shape index (κ3) is 4.91. The summed E-state index contributed by atoms with van der Waals surface area (Å²) in [6.07, 6.45) is 5.41. The standard InChI is InChI=1S/C18H30N4O3S/c1-11(23)19-14-5-3-13(4-6-14)17(25)22-9-7-15-16(8-10-22)26-18(21-15)20-12(2)24/h13-16,18,21H,3-10H2,1-2H3,(H,19,23)(H,20,24). The molecule has 2 aliphatic heterocycles. The number of nitrogens with one attached hydrogen (secondary N) is 3. The lowest BCUT2D eigenvalue weighted by Crippen LogP contribution is -2.44. The SMILES string of the molecule is CC(=O)NC1CCC(C(=O)N2CCC3NC(NC(C)=O)SC3CC2)CC1. The molecule has 3 amide bonds. The molecule has 0 spiro atoms. The van der Waals surface area contributed by atoms with Crippen LogP contribution >= 0.6 is 11.8 Å². The van der Waals surface area contributed by atoms with Crippen molar-refractivity contribution in [2.45, 2.75) is 75.2 Å². The summed E-state index contributed by atoms with van der Waals surface area (Å²) in [7, 11) is 0. The van der Waals surface area contributed by atoms with Crippen LogP contribution in [-0.2, 0) is 14.4 Å². The van der Waals surface area contributed by atoms with E-state index in [1.165, 1.54) is 6.92 Å². The Morgan fingerprint density at radius 3 is 2.23 bits per heavy atom. The predicted molar refractivity (Wildman–Crippen MR) is 101 cm³/mol. The van der Waals surface area contributed by atoms with E-state index in [2.05, 4.69) is 16.0 Å². The fourth-order valence-corrected chi connectivity index (χ4v) is 5.83. The highest BCUT2D eigenvalue weighted by atomic mass is 32.2. The average molecular weight is 383 g/mol. The van der Waals surface area contributed by atoms with E-state index in [0.29, 0.717) is 11.3 Å².